The lowest BCUT2D eigenvalue weighted by atomic mass is 9.98. The lowest BCUT2D eigenvalue weighted by molar-refractivity contribution is -0.111. The van der Waals surface area contributed by atoms with Gasteiger partial charge < -0.3 is 9.47 Å². The molecule has 1 aliphatic carbocycles. The molecule has 0 radical (unpaired) electrons. The van der Waals surface area contributed by atoms with Crippen molar-refractivity contribution in [3.8, 4) is 11.5 Å². The standard InChI is InChI=1S/C12H8O3.C7H9FN2/c13-10-3-2-9(10)5-8-1-4-11-12(6-8)15-7-14-11;8-7-3-1-6(2-4-7)5-10-9/h1-6H,7H2;1-4,10H,5,9H2. The topological polar surface area (TPSA) is 73.6 Å². The average Bonchev–Trinajstić information content (AvgIpc) is 3.09. The van der Waals surface area contributed by atoms with Gasteiger partial charge in [-0.1, -0.05) is 18.2 Å². The molecule has 0 bridgehead atoms. The molecule has 2 aromatic rings. The summed E-state index contributed by atoms with van der Waals surface area (Å²) in [6.45, 7) is 0.842. The second kappa shape index (κ2) is 7.74. The number of fused-ring (bicyclic) bond motifs is 1. The van der Waals surface area contributed by atoms with Gasteiger partial charge in [0, 0.05) is 12.1 Å². The van der Waals surface area contributed by atoms with Crippen molar-refractivity contribution in [2.24, 2.45) is 5.84 Å². The summed E-state index contributed by atoms with van der Waals surface area (Å²) in [7, 11) is 0. The first-order chi connectivity index (χ1) is 12.2. The van der Waals surface area contributed by atoms with Gasteiger partial charge in [-0.3, -0.25) is 16.1 Å². The maximum Gasteiger partial charge on any atom is 0.231 e. The Bertz CT molecular complexity index is 829. The first kappa shape index (κ1) is 16.9. The number of nitrogens with two attached hydrogens (primary N) is 1. The van der Waals surface area contributed by atoms with Crippen LogP contribution in [0.15, 0.2) is 60.2 Å². The Morgan fingerprint density at radius 3 is 2.48 bits per heavy atom. The van der Waals surface area contributed by atoms with Gasteiger partial charge in [0.1, 0.15) is 5.82 Å². The summed E-state index contributed by atoms with van der Waals surface area (Å²) in [6.07, 6.45) is 5.19. The Kier molecular flexibility index (Phi) is 5.23. The van der Waals surface area contributed by atoms with Gasteiger partial charge >= 0.3 is 0 Å². The predicted molar refractivity (Wildman–Crippen MR) is 92.1 cm³/mol. The SMILES string of the molecule is NNCc1ccc(F)cc1.O=C1C=CC1=Cc1ccc2c(c1)OCO2. The number of allylic oxidation sites excluding steroid dienone is 3. The maximum atomic E-state index is 12.3. The van der Waals surface area contributed by atoms with Crippen LogP contribution in [0.3, 0.4) is 0 Å². The van der Waals surface area contributed by atoms with E-state index in [1.807, 2.05) is 24.3 Å². The highest BCUT2D eigenvalue weighted by molar-refractivity contribution is 6.16. The van der Waals surface area contributed by atoms with Crippen LogP contribution in [0.4, 0.5) is 4.39 Å². The Morgan fingerprint density at radius 1 is 1.08 bits per heavy atom. The van der Waals surface area contributed by atoms with Gasteiger partial charge in [0.25, 0.3) is 0 Å². The molecule has 3 N–H and O–H groups in total. The van der Waals surface area contributed by atoms with Crippen molar-refractivity contribution >= 4 is 11.9 Å². The minimum absolute atomic E-state index is 0.0765. The van der Waals surface area contributed by atoms with E-state index in [1.165, 1.54) is 12.1 Å². The van der Waals surface area contributed by atoms with Crippen LogP contribution >= 0.6 is 0 Å². The van der Waals surface area contributed by atoms with Crippen LogP contribution in [0.1, 0.15) is 11.1 Å². The molecule has 0 saturated heterocycles. The summed E-state index contributed by atoms with van der Waals surface area (Å²) in [5.41, 5.74) is 5.14. The number of rotatable bonds is 3. The van der Waals surface area contributed by atoms with Gasteiger partial charge in [0.05, 0.1) is 0 Å². The van der Waals surface area contributed by atoms with Gasteiger partial charge in [-0.15, -0.1) is 0 Å². The van der Waals surface area contributed by atoms with E-state index in [4.69, 9.17) is 15.3 Å². The van der Waals surface area contributed by atoms with Crippen LogP contribution in [0.2, 0.25) is 0 Å². The van der Waals surface area contributed by atoms with Gasteiger partial charge in [0.15, 0.2) is 17.3 Å². The summed E-state index contributed by atoms with van der Waals surface area (Å²) in [5.74, 6) is 6.40. The number of ketones is 1. The van der Waals surface area contributed by atoms with E-state index in [0.29, 0.717) is 6.54 Å². The molecule has 2 aromatic carbocycles. The number of hydrazine groups is 1. The molecule has 6 heteroatoms. The van der Waals surface area contributed by atoms with Crippen molar-refractivity contribution in [1.29, 1.82) is 0 Å². The zero-order valence-electron chi connectivity index (χ0n) is 13.4. The highest BCUT2D eigenvalue weighted by atomic mass is 19.1. The van der Waals surface area contributed by atoms with E-state index >= 15 is 0 Å². The number of carbonyl (C=O) groups excluding carboxylic acids is 1. The van der Waals surface area contributed by atoms with E-state index in [2.05, 4.69) is 5.43 Å². The highest BCUT2D eigenvalue weighted by Crippen LogP contribution is 2.33. The zero-order valence-corrected chi connectivity index (χ0v) is 13.4. The van der Waals surface area contributed by atoms with Gasteiger partial charge in [-0.2, -0.15) is 0 Å². The van der Waals surface area contributed by atoms with Crippen molar-refractivity contribution in [2.75, 3.05) is 6.79 Å². The van der Waals surface area contributed by atoms with E-state index in [9.17, 15) is 9.18 Å². The highest BCUT2D eigenvalue weighted by Gasteiger charge is 2.15. The Balaban J connectivity index is 0.000000160. The molecule has 0 spiro atoms. The molecule has 0 unspecified atom stereocenters. The Morgan fingerprint density at radius 2 is 1.84 bits per heavy atom. The molecule has 0 amide bonds. The quantitative estimate of drug-likeness (QED) is 0.511. The van der Waals surface area contributed by atoms with Gasteiger partial charge in [0.2, 0.25) is 6.79 Å². The molecule has 0 saturated carbocycles. The van der Waals surface area contributed by atoms with Gasteiger partial charge in [-0.05, 0) is 53.6 Å². The number of halogens is 1. The van der Waals surface area contributed by atoms with Crippen LogP contribution in [-0.4, -0.2) is 12.6 Å². The number of ether oxygens (including phenoxy) is 2. The third-order valence-electron chi connectivity index (χ3n) is 3.64. The minimum Gasteiger partial charge on any atom is -0.454 e. The molecular formula is C19H17FN2O3. The number of carbonyl (C=O) groups is 1. The van der Waals surface area contributed by atoms with Crippen LogP contribution in [0.25, 0.3) is 6.08 Å². The number of nitrogens with one attached hydrogen (secondary N) is 1. The smallest absolute Gasteiger partial charge is 0.231 e. The lowest BCUT2D eigenvalue weighted by Crippen LogP contribution is -2.20. The molecule has 0 atom stereocenters. The summed E-state index contributed by atoms with van der Waals surface area (Å²) >= 11 is 0. The number of benzene rings is 2. The normalized spacial score (nSPS) is 15.6. The second-order valence-electron chi connectivity index (χ2n) is 5.42. The summed E-state index contributed by atoms with van der Waals surface area (Å²) in [6, 6.07) is 11.8. The van der Waals surface area contributed by atoms with Crippen LogP contribution in [0, 0.1) is 5.82 Å². The fourth-order valence-corrected chi connectivity index (χ4v) is 2.27. The first-order valence-electron chi connectivity index (χ1n) is 7.67. The van der Waals surface area contributed by atoms with Crippen molar-refractivity contribution in [3.05, 3.63) is 77.1 Å². The largest absolute Gasteiger partial charge is 0.454 e. The molecule has 0 aromatic heterocycles. The molecule has 5 nitrogen and oxygen atoms in total. The average molecular weight is 340 g/mol. The van der Waals surface area contributed by atoms with E-state index < -0.39 is 0 Å². The Labute approximate surface area is 144 Å². The van der Waals surface area contributed by atoms with E-state index in [1.54, 1.807) is 24.3 Å². The van der Waals surface area contributed by atoms with Crippen LogP contribution < -0.4 is 20.7 Å². The molecule has 128 valence electrons. The second-order valence-corrected chi connectivity index (χ2v) is 5.42. The van der Waals surface area contributed by atoms with Crippen molar-refractivity contribution in [2.45, 2.75) is 6.54 Å². The van der Waals surface area contributed by atoms with E-state index in [-0.39, 0.29) is 18.4 Å². The molecule has 2 aliphatic rings. The fraction of sp³-hybridized carbons (Fsp3) is 0.105. The molecule has 0 fully saturated rings. The predicted octanol–water partition coefficient (Wildman–Crippen LogP) is 2.73. The minimum atomic E-state index is -0.222. The number of hydrogen-bond acceptors (Lipinski definition) is 5. The third kappa shape index (κ3) is 4.32. The Hall–Kier alpha value is -2.96. The molecule has 4 rings (SSSR count). The maximum absolute atomic E-state index is 12.3. The third-order valence-corrected chi connectivity index (χ3v) is 3.64. The fourth-order valence-electron chi connectivity index (χ4n) is 2.27. The van der Waals surface area contributed by atoms with E-state index in [0.717, 1.165) is 28.2 Å². The van der Waals surface area contributed by atoms with Gasteiger partial charge in [-0.25, -0.2) is 4.39 Å². The first-order valence-corrected chi connectivity index (χ1v) is 7.67. The van der Waals surface area contributed by atoms with Crippen molar-refractivity contribution < 1.29 is 18.7 Å². The summed E-state index contributed by atoms with van der Waals surface area (Å²) in [5, 5.41) is 0. The van der Waals surface area contributed by atoms with Crippen molar-refractivity contribution in [1.82, 2.24) is 5.43 Å². The lowest BCUT2D eigenvalue weighted by Gasteiger charge is -2.05. The zero-order chi connectivity index (χ0) is 17.6. The van der Waals surface area contributed by atoms with Crippen LogP contribution in [-0.2, 0) is 11.3 Å². The summed E-state index contributed by atoms with van der Waals surface area (Å²) < 4.78 is 22.7. The van der Waals surface area contributed by atoms with Crippen LogP contribution in [0.5, 0.6) is 11.5 Å². The van der Waals surface area contributed by atoms with Crippen molar-refractivity contribution in [3.63, 3.8) is 0 Å². The number of hydrogen-bond donors (Lipinski definition) is 2. The monoisotopic (exact) mass is 340 g/mol. The molecule has 1 aliphatic heterocycles. The summed E-state index contributed by atoms with van der Waals surface area (Å²) in [4.78, 5) is 11.1. The molecule has 25 heavy (non-hydrogen) atoms. The molecule has 1 heterocycles. The molecular weight excluding hydrogens is 323 g/mol.